The van der Waals surface area contributed by atoms with Crippen molar-refractivity contribution >= 4 is 16.9 Å². The Morgan fingerprint density at radius 1 is 1.18 bits per heavy atom. The van der Waals surface area contributed by atoms with Crippen molar-refractivity contribution in [2.45, 2.75) is 6.92 Å². The number of aromatic amines is 1. The van der Waals surface area contributed by atoms with E-state index in [1.807, 2.05) is 48.1 Å². The van der Waals surface area contributed by atoms with Gasteiger partial charge >= 0.3 is 0 Å². The summed E-state index contributed by atoms with van der Waals surface area (Å²) in [6.07, 6.45) is 5.42. The number of anilines is 1. The smallest absolute Gasteiger partial charge is 0.160 e. The molecule has 0 fully saturated rings. The molecule has 0 bridgehead atoms. The molecule has 0 aromatic carbocycles. The molecule has 0 spiro atoms. The van der Waals surface area contributed by atoms with Crippen LogP contribution in [0.5, 0.6) is 0 Å². The number of hydrogen-bond donors (Lipinski definition) is 2. The molecule has 7 nitrogen and oxygen atoms in total. The van der Waals surface area contributed by atoms with Gasteiger partial charge in [0.2, 0.25) is 0 Å². The number of nitrogen functional groups attached to an aromatic ring is 1. The maximum atomic E-state index is 5.86. The molecular formula is C15H13N7. The molecule has 0 radical (unpaired) electrons. The van der Waals surface area contributed by atoms with Crippen LogP contribution < -0.4 is 5.73 Å². The van der Waals surface area contributed by atoms with Crippen molar-refractivity contribution in [1.82, 2.24) is 29.7 Å². The van der Waals surface area contributed by atoms with E-state index in [0.717, 1.165) is 33.9 Å². The summed E-state index contributed by atoms with van der Waals surface area (Å²) in [6, 6.07) is 7.59. The first-order chi connectivity index (χ1) is 10.7. The molecule has 0 aliphatic rings. The Hall–Kier alpha value is -3.22. The highest BCUT2D eigenvalue weighted by Crippen LogP contribution is 2.27. The standard InChI is InChI=1S/C15H13N7/c1-9-17-6-7-22(9)14-3-2-12(20-21-14)11-8-13(16)19-15-10(11)4-5-18-15/h2-8H,1H3,(H3,16,18,19). The van der Waals surface area contributed by atoms with Gasteiger partial charge in [0.1, 0.15) is 17.3 Å². The third-order valence-electron chi connectivity index (χ3n) is 3.55. The second-order valence-corrected chi connectivity index (χ2v) is 4.96. The van der Waals surface area contributed by atoms with Crippen molar-refractivity contribution in [2.75, 3.05) is 5.73 Å². The predicted molar refractivity (Wildman–Crippen MR) is 83.4 cm³/mol. The number of nitrogens with zero attached hydrogens (tertiary/aromatic N) is 5. The summed E-state index contributed by atoms with van der Waals surface area (Å²) in [5.41, 5.74) is 8.26. The number of H-pyrrole nitrogens is 1. The highest BCUT2D eigenvalue weighted by Gasteiger charge is 2.10. The molecule has 0 saturated carbocycles. The van der Waals surface area contributed by atoms with Gasteiger partial charge in [-0.25, -0.2) is 9.97 Å². The lowest BCUT2D eigenvalue weighted by atomic mass is 10.1. The summed E-state index contributed by atoms with van der Waals surface area (Å²) in [5, 5.41) is 9.57. The molecule has 0 saturated heterocycles. The number of pyridine rings is 1. The van der Waals surface area contributed by atoms with Crippen molar-refractivity contribution in [1.29, 1.82) is 0 Å². The Labute approximate surface area is 125 Å². The highest BCUT2D eigenvalue weighted by atomic mass is 15.2. The summed E-state index contributed by atoms with van der Waals surface area (Å²) >= 11 is 0. The maximum absolute atomic E-state index is 5.86. The van der Waals surface area contributed by atoms with Gasteiger partial charge in [-0.15, -0.1) is 10.2 Å². The first kappa shape index (κ1) is 12.5. The predicted octanol–water partition coefficient (Wildman–Crippen LogP) is 2.10. The van der Waals surface area contributed by atoms with Gasteiger partial charge in [0.05, 0.1) is 5.69 Å². The van der Waals surface area contributed by atoms with Crippen molar-refractivity contribution < 1.29 is 0 Å². The van der Waals surface area contributed by atoms with Crippen molar-refractivity contribution in [3.05, 3.63) is 48.7 Å². The second-order valence-electron chi connectivity index (χ2n) is 4.96. The number of imidazole rings is 1. The third kappa shape index (κ3) is 1.91. The maximum Gasteiger partial charge on any atom is 0.160 e. The van der Waals surface area contributed by atoms with Gasteiger partial charge in [0.15, 0.2) is 5.82 Å². The SMILES string of the molecule is Cc1nccn1-c1ccc(-c2cc(N)nc3[nH]ccc23)nn1. The highest BCUT2D eigenvalue weighted by molar-refractivity contribution is 5.93. The van der Waals surface area contributed by atoms with Gasteiger partial charge in [-0.3, -0.25) is 4.57 Å². The molecule has 0 aliphatic carbocycles. The molecule has 22 heavy (non-hydrogen) atoms. The summed E-state index contributed by atoms with van der Waals surface area (Å²) in [6.45, 7) is 1.92. The van der Waals surface area contributed by atoms with Crippen LogP contribution in [-0.2, 0) is 0 Å². The minimum atomic E-state index is 0.446. The van der Waals surface area contributed by atoms with Crippen LogP contribution in [0.15, 0.2) is 42.9 Å². The average Bonchev–Trinajstić information content (AvgIpc) is 3.15. The topological polar surface area (TPSA) is 98.3 Å². The van der Waals surface area contributed by atoms with Gasteiger partial charge in [-0.2, -0.15) is 0 Å². The first-order valence-electron chi connectivity index (χ1n) is 6.80. The molecule has 4 rings (SSSR count). The largest absolute Gasteiger partial charge is 0.384 e. The molecule has 3 N–H and O–H groups in total. The van der Waals surface area contributed by atoms with Crippen LogP contribution in [0.1, 0.15) is 5.82 Å². The van der Waals surface area contributed by atoms with Crippen LogP contribution in [0.25, 0.3) is 28.1 Å². The van der Waals surface area contributed by atoms with Crippen molar-refractivity contribution in [3.63, 3.8) is 0 Å². The number of nitrogens with one attached hydrogen (secondary N) is 1. The number of aryl methyl sites for hydroxylation is 1. The van der Waals surface area contributed by atoms with Crippen LogP contribution in [-0.4, -0.2) is 29.7 Å². The van der Waals surface area contributed by atoms with E-state index >= 15 is 0 Å². The second kappa shape index (κ2) is 4.66. The monoisotopic (exact) mass is 291 g/mol. The average molecular weight is 291 g/mol. The molecule has 4 aromatic heterocycles. The van der Waals surface area contributed by atoms with E-state index in [1.54, 1.807) is 6.20 Å². The van der Waals surface area contributed by atoms with E-state index in [4.69, 9.17) is 5.73 Å². The normalized spacial score (nSPS) is 11.1. The number of rotatable bonds is 2. The van der Waals surface area contributed by atoms with E-state index in [0.29, 0.717) is 5.82 Å². The Kier molecular flexibility index (Phi) is 2.65. The van der Waals surface area contributed by atoms with E-state index < -0.39 is 0 Å². The van der Waals surface area contributed by atoms with E-state index in [2.05, 4.69) is 25.1 Å². The quantitative estimate of drug-likeness (QED) is 0.589. The lowest BCUT2D eigenvalue weighted by Crippen LogP contribution is -2.01. The van der Waals surface area contributed by atoms with Gasteiger partial charge in [0.25, 0.3) is 0 Å². The zero-order valence-corrected chi connectivity index (χ0v) is 11.9. The van der Waals surface area contributed by atoms with Crippen LogP contribution in [0.4, 0.5) is 5.82 Å². The molecule has 0 aliphatic heterocycles. The van der Waals surface area contributed by atoms with Crippen LogP contribution in [0, 0.1) is 6.92 Å². The van der Waals surface area contributed by atoms with Gasteiger partial charge in [-0.1, -0.05) is 0 Å². The van der Waals surface area contributed by atoms with Crippen LogP contribution in [0.3, 0.4) is 0 Å². The fourth-order valence-corrected chi connectivity index (χ4v) is 2.49. The molecule has 4 heterocycles. The fourth-order valence-electron chi connectivity index (χ4n) is 2.49. The Morgan fingerprint density at radius 3 is 2.82 bits per heavy atom. The lowest BCUT2D eigenvalue weighted by Gasteiger charge is -2.06. The molecule has 7 heteroatoms. The summed E-state index contributed by atoms with van der Waals surface area (Å²) in [4.78, 5) is 11.5. The third-order valence-corrected chi connectivity index (χ3v) is 3.55. The number of aromatic nitrogens is 6. The van der Waals surface area contributed by atoms with Gasteiger partial charge < -0.3 is 10.7 Å². The molecule has 0 atom stereocenters. The van der Waals surface area contributed by atoms with Crippen molar-refractivity contribution in [3.8, 4) is 17.1 Å². The number of hydrogen-bond acceptors (Lipinski definition) is 5. The van der Waals surface area contributed by atoms with Gasteiger partial charge in [0, 0.05) is 29.5 Å². The van der Waals surface area contributed by atoms with Crippen molar-refractivity contribution in [2.24, 2.45) is 0 Å². The lowest BCUT2D eigenvalue weighted by molar-refractivity contribution is 0.883. The fraction of sp³-hybridized carbons (Fsp3) is 0.0667. The van der Waals surface area contributed by atoms with Crippen LogP contribution in [0.2, 0.25) is 0 Å². The van der Waals surface area contributed by atoms with E-state index in [9.17, 15) is 0 Å². The Morgan fingerprint density at radius 2 is 2.09 bits per heavy atom. The number of nitrogens with two attached hydrogens (primary N) is 1. The molecule has 0 unspecified atom stereocenters. The van der Waals surface area contributed by atoms with E-state index in [-0.39, 0.29) is 0 Å². The number of fused-ring (bicyclic) bond motifs is 1. The van der Waals surface area contributed by atoms with Crippen LogP contribution >= 0.6 is 0 Å². The Balaban J connectivity index is 1.83. The zero-order valence-electron chi connectivity index (χ0n) is 11.9. The summed E-state index contributed by atoms with van der Waals surface area (Å²) in [5.74, 6) is 2.04. The molecule has 0 amide bonds. The van der Waals surface area contributed by atoms with Gasteiger partial charge in [-0.05, 0) is 31.2 Å². The minimum Gasteiger partial charge on any atom is -0.384 e. The van der Waals surface area contributed by atoms with E-state index in [1.165, 1.54) is 0 Å². The first-order valence-corrected chi connectivity index (χ1v) is 6.80. The summed E-state index contributed by atoms with van der Waals surface area (Å²) in [7, 11) is 0. The molecule has 108 valence electrons. The summed E-state index contributed by atoms with van der Waals surface area (Å²) < 4.78 is 1.88. The molecular weight excluding hydrogens is 278 g/mol. The zero-order chi connectivity index (χ0) is 15.1. The Bertz CT molecular complexity index is 950. The molecule has 4 aromatic rings. The minimum absolute atomic E-state index is 0.446.